The average Bonchev–Trinajstić information content (AvgIpc) is 2.98. The minimum absolute atomic E-state index is 0. The van der Waals surface area contributed by atoms with Crippen molar-refractivity contribution < 1.29 is 0 Å². The molecule has 0 saturated heterocycles. The van der Waals surface area contributed by atoms with E-state index in [1.807, 2.05) is 12.1 Å². The fourth-order valence-corrected chi connectivity index (χ4v) is 2.44. The number of hydrogen-bond acceptors (Lipinski definition) is 3. The van der Waals surface area contributed by atoms with Crippen LogP contribution in [0, 0.1) is 0 Å². The van der Waals surface area contributed by atoms with Gasteiger partial charge in [0.2, 0.25) is 0 Å². The highest BCUT2D eigenvalue weighted by atomic mass is 127. The molecule has 2 N–H and O–H groups in total. The van der Waals surface area contributed by atoms with Gasteiger partial charge in [-0.3, -0.25) is 4.99 Å². The van der Waals surface area contributed by atoms with Gasteiger partial charge in [0.15, 0.2) is 5.96 Å². The maximum absolute atomic E-state index is 5.75. The van der Waals surface area contributed by atoms with Gasteiger partial charge in [0.1, 0.15) is 5.15 Å². The van der Waals surface area contributed by atoms with Crippen LogP contribution < -0.4 is 10.6 Å². The van der Waals surface area contributed by atoms with Crippen molar-refractivity contribution in [3.05, 3.63) is 51.4 Å². The van der Waals surface area contributed by atoms with Crippen LogP contribution in [0.1, 0.15) is 10.4 Å². The number of rotatable bonds is 5. The van der Waals surface area contributed by atoms with E-state index in [2.05, 4.69) is 32.1 Å². The summed E-state index contributed by atoms with van der Waals surface area (Å²) < 4.78 is 0. The highest BCUT2D eigenvalue weighted by molar-refractivity contribution is 14.0. The van der Waals surface area contributed by atoms with Crippen LogP contribution in [-0.2, 0) is 13.0 Å². The van der Waals surface area contributed by atoms with Crippen LogP contribution in [0.4, 0.5) is 0 Å². The molecule has 2 rings (SSSR count). The number of guanidine groups is 1. The Bertz CT molecular complexity index is 543. The van der Waals surface area contributed by atoms with Gasteiger partial charge in [0.05, 0.1) is 6.54 Å². The van der Waals surface area contributed by atoms with E-state index in [0.717, 1.165) is 31.0 Å². The summed E-state index contributed by atoms with van der Waals surface area (Å²) >= 11 is 7.49. The molecule has 0 unspecified atom stereocenters. The first kappa shape index (κ1) is 18.2. The van der Waals surface area contributed by atoms with Crippen molar-refractivity contribution in [1.29, 1.82) is 0 Å². The number of halogens is 2. The molecular weight excluding hydrogens is 419 g/mol. The summed E-state index contributed by atoms with van der Waals surface area (Å²) in [6, 6.07) is 7.94. The maximum Gasteiger partial charge on any atom is 0.191 e. The third kappa shape index (κ3) is 6.62. The molecule has 0 aliphatic rings. The number of nitrogens with zero attached hydrogens (tertiary/aromatic N) is 2. The zero-order valence-electron chi connectivity index (χ0n) is 11.7. The molecule has 0 bridgehead atoms. The van der Waals surface area contributed by atoms with Crippen LogP contribution in [0.15, 0.2) is 40.8 Å². The van der Waals surface area contributed by atoms with E-state index in [4.69, 9.17) is 11.6 Å². The zero-order valence-corrected chi connectivity index (χ0v) is 15.6. The summed E-state index contributed by atoms with van der Waals surface area (Å²) in [6.07, 6.45) is 2.68. The third-order valence-electron chi connectivity index (χ3n) is 2.73. The molecule has 0 aromatic carbocycles. The molecule has 2 aromatic rings. The Morgan fingerprint density at radius 3 is 2.81 bits per heavy atom. The first-order valence-corrected chi connectivity index (χ1v) is 7.61. The summed E-state index contributed by atoms with van der Waals surface area (Å²) in [5, 5.41) is 9.15. The van der Waals surface area contributed by atoms with Gasteiger partial charge in [-0.15, -0.1) is 35.3 Å². The first-order valence-electron chi connectivity index (χ1n) is 6.35. The molecule has 114 valence electrons. The molecule has 21 heavy (non-hydrogen) atoms. The van der Waals surface area contributed by atoms with Gasteiger partial charge in [-0.2, -0.15) is 0 Å². The van der Waals surface area contributed by atoms with Crippen molar-refractivity contribution >= 4 is 52.9 Å². The summed E-state index contributed by atoms with van der Waals surface area (Å²) in [5.74, 6) is 0.806. The van der Waals surface area contributed by atoms with E-state index in [0.29, 0.717) is 5.15 Å². The molecule has 4 nitrogen and oxygen atoms in total. The molecule has 0 aliphatic heterocycles. The van der Waals surface area contributed by atoms with E-state index in [1.54, 1.807) is 30.6 Å². The average molecular weight is 437 g/mol. The predicted molar refractivity (Wildman–Crippen MR) is 101 cm³/mol. The van der Waals surface area contributed by atoms with Gasteiger partial charge in [0.25, 0.3) is 0 Å². The van der Waals surface area contributed by atoms with Crippen molar-refractivity contribution in [1.82, 2.24) is 15.6 Å². The molecule has 0 spiro atoms. The molecule has 0 amide bonds. The molecule has 0 saturated carbocycles. The van der Waals surface area contributed by atoms with Crippen LogP contribution in [0.2, 0.25) is 5.15 Å². The van der Waals surface area contributed by atoms with Gasteiger partial charge in [-0.1, -0.05) is 23.7 Å². The summed E-state index contributed by atoms with van der Waals surface area (Å²) in [4.78, 5) is 9.54. The summed E-state index contributed by atoms with van der Waals surface area (Å²) in [5.41, 5.74) is 1.15. The molecule has 0 radical (unpaired) electrons. The van der Waals surface area contributed by atoms with Gasteiger partial charge < -0.3 is 10.6 Å². The molecule has 0 fully saturated rings. The number of pyridine rings is 1. The van der Waals surface area contributed by atoms with E-state index in [-0.39, 0.29) is 24.0 Å². The van der Waals surface area contributed by atoms with Crippen LogP contribution in [0.25, 0.3) is 0 Å². The number of aliphatic imine (C=N–C) groups is 1. The number of thiophene rings is 1. The van der Waals surface area contributed by atoms with Crippen molar-refractivity contribution in [2.45, 2.75) is 13.0 Å². The van der Waals surface area contributed by atoms with Gasteiger partial charge >= 0.3 is 0 Å². The summed E-state index contributed by atoms with van der Waals surface area (Å²) in [6.45, 7) is 1.59. The predicted octanol–water partition coefficient (Wildman–Crippen LogP) is 3.32. The maximum atomic E-state index is 5.75. The third-order valence-corrected chi connectivity index (χ3v) is 3.83. The minimum atomic E-state index is 0. The molecule has 7 heteroatoms. The van der Waals surface area contributed by atoms with Crippen molar-refractivity contribution in [3.63, 3.8) is 0 Å². The van der Waals surface area contributed by atoms with E-state index in [1.165, 1.54) is 4.88 Å². The standard InChI is InChI=1S/C14H17ClN4S.HI/c1-16-14(19-10-12-3-2-8-20-12)17-7-6-11-4-5-13(15)18-9-11;/h2-5,8-9H,6-7,10H2,1H3,(H2,16,17,19);1H. The Labute approximate surface area is 151 Å². The molecule has 0 aliphatic carbocycles. The Hall–Kier alpha value is -0.860. The first-order chi connectivity index (χ1) is 9.78. The van der Waals surface area contributed by atoms with Crippen molar-refractivity contribution in [2.24, 2.45) is 4.99 Å². The normalized spacial score (nSPS) is 10.9. The lowest BCUT2D eigenvalue weighted by molar-refractivity contribution is 0.797. The number of aromatic nitrogens is 1. The van der Waals surface area contributed by atoms with Crippen LogP contribution in [-0.4, -0.2) is 24.5 Å². The van der Waals surface area contributed by atoms with Crippen LogP contribution in [0.3, 0.4) is 0 Å². The quantitative estimate of drug-likeness (QED) is 0.327. The molecular formula is C14H18ClIN4S. The Morgan fingerprint density at radius 1 is 1.33 bits per heavy atom. The fraction of sp³-hybridized carbons (Fsp3) is 0.286. The molecule has 2 heterocycles. The second kappa shape index (κ2) is 9.97. The van der Waals surface area contributed by atoms with Gasteiger partial charge in [-0.25, -0.2) is 4.98 Å². The smallest absolute Gasteiger partial charge is 0.191 e. The topological polar surface area (TPSA) is 49.3 Å². The van der Waals surface area contributed by atoms with E-state index in [9.17, 15) is 0 Å². The van der Waals surface area contributed by atoms with Crippen molar-refractivity contribution in [2.75, 3.05) is 13.6 Å². The number of nitrogens with one attached hydrogen (secondary N) is 2. The van der Waals surface area contributed by atoms with Gasteiger partial charge in [-0.05, 0) is 29.5 Å². The minimum Gasteiger partial charge on any atom is -0.356 e. The second-order valence-electron chi connectivity index (χ2n) is 4.17. The zero-order chi connectivity index (χ0) is 14.2. The lowest BCUT2D eigenvalue weighted by atomic mass is 10.2. The highest BCUT2D eigenvalue weighted by Crippen LogP contribution is 2.07. The Morgan fingerprint density at radius 2 is 2.19 bits per heavy atom. The Balaban J connectivity index is 0.00000220. The summed E-state index contributed by atoms with van der Waals surface area (Å²) in [7, 11) is 1.77. The monoisotopic (exact) mass is 436 g/mol. The second-order valence-corrected chi connectivity index (χ2v) is 5.59. The lowest BCUT2D eigenvalue weighted by Crippen LogP contribution is -2.37. The number of hydrogen-bond donors (Lipinski definition) is 2. The SMILES string of the molecule is CN=C(NCCc1ccc(Cl)nc1)NCc1cccs1.I. The largest absolute Gasteiger partial charge is 0.356 e. The highest BCUT2D eigenvalue weighted by Gasteiger charge is 1.99. The van der Waals surface area contributed by atoms with Crippen molar-refractivity contribution in [3.8, 4) is 0 Å². The Kier molecular flexibility index (Phi) is 8.63. The van der Waals surface area contributed by atoms with Crippen LogP contribution >= 0.6 is 46.9 Å². The lowest BCUT2D eigenvalue weighted by Gasteiger charge is -2.11. The molecule has 2 aromatic heterocycles. The fourth-order valence-electron chi connectivity index (χ4n) is 1.68. The van der Waals surface area contributed by atoms with Gasteiger partial charge in [0, 0.05) is 24.7 Å². The van der Waals surface area contributed by atoms with Crippen LogP contribution in [0.5, 0.6) is 0 Å². The molecule has 0 atom stereocenters. The van der Waals surface area contributed by atoms with E-state index >= 15 is 0 Å². The van der Waals surface area contributed by atoms with E-state index < -0.39 is 0 Å².